The van der Waals surface area contributed by atoms with E-state index in [1.165, 1.54) is 11.1 Å². The highest BCUT2D eigenvalue weighted by Crippen LogP contribution is 2.23. The maximum atomic E-state index is 6.29. The smallest absolute Gasteiger partial charge is 0.120 e. The van der Waals surface area contributed by atoms with Gasteiger partial charge in [-0.25, -0.2) is 0 Å². The minimum atomic E-state index is -0.184. The van der Waals surface area contributed by atoms with Crippen LogP contribution in [0.5, 0.6) is 11.5 Å². The molecule has 0 bridgehead atoms. The molecule has 0 aliphatic carbocycles. The molecular formula is C18H23NO2. The predicted octanol–water partition coefficient (Wildman–Crippen LogP) is 3.78. The topological polar surface area (TPSA) is 44.5 Å². The lowest BCUT2D eigenvalue weighted by Crippen LogP contribution is -2.28. The lowest BCUT2D eigenvalue weighted by atomic mass is 10.0. The molecule has 3 heteroatoms. The summed E-state index contributed by atoms with van der Waals surface area (Å²) >= 11 is 0. The fraction of sp³-hybridized carbons (Fsp3) is 0.333. The van der Waals surface area contributed by atoms with Crippen LogP contribution in [0.4, 0.5) is 0 Å². The molecular weight excluding hydrogens is 262 g/mol. The largest absolute Gasteiger partial charge is 0.497 e. The first-order valence-corrected chi connectivity index (χ1v) is 7.14. The van der Waals surface area contributed by atoms with Gasteiger partial charge in [-0.15, -0.1) is 0 Å². The molecule has 2 atom stereocenters. The normalized spacial score (nSPS) is 13.6. The summed E-state index contributed by atoms with van der Waals surface area (Å²) in [6, 6.07) is 13.8. The Kier molecular flexibility index (Phi) is 4.86. The Morgan fingerprint density at radius 2 is 1.48 bits per heavy atom. The molecule has 2 N–H and O–H groups in total. The zero-order valence-corrected chi connectivity index (χ0v) is 13.1. The second-order valence-corrected chi connectivity index (χ2v) is 5.45. The highest BCUT2D eigenvalue weighted by Gasteiger charge is 2.17. The number of rotatable bonds is 5. The Labute approximate surface area is 126 Å². The first kappa shape index (κ1) is 15.4. The maximum absolute atomic E-state index is 6.29. The van der Waals surface area contributed by atoms with E-state index in [0.29, 0.717) is 0 Å². The number of aryl methyl sites for hydroxylation is 2. The van der Waals surface area contributed by atoms with E-state index in [9.17, 15) is 0 Å². The molecule has 0 amide bonds. The highest BCUT2D eigenvalue weighted by molar-refractivity contribution is 5.34. The van der Waals surface area contributed by atoms with Gasteiger partial charge in [0.05, 0.1) is 13.2 Å². The zero-order valence-electron chi connectivity index (χ0n) is 13.1. The molecule has 2 aromatic carbocycles. The van der Waals surface area contributed by atoms with E-state index >= 15 is 0 Å². The highest BCUT2D eigenvalue weighted by atomic mass is 16.5. The Morgan fingerprint density at radius 1 is 0.905 bits per heavy atom. The molecule has 0 aromatic heterocycles. The van der Waals surface area contributed by atoms with Crippen molar-refractivity contribution >= 4 is 0 Å². The first-order valence-electron chi connectivity index (χ1n) is 7.14. The number of ether oxygens (including phenoxy) is 2. The van der Waals surface area contributed by atoms with Crippen LogP contribution in [0.3, 0.4) is 0 Å². The third-order valence-corrected chi connectivity index (χ3v) is 3.52. The van der Waals surface area contributed by atoms with Gasteiger partial charge >= 0.3 is 0 Å². The molecule has 2 unspecified atom stereocenters. The van der Waals surface area contributed by atoms with E-state index in [0.717, 1.165) is 17.1 Å². The Morgan fingerprint density at radius 3 is 2.00 bits per heavy atom. The average Bonchev–Trinajstić information content (AvgIpc) is 2.45. The number of hydrogen-bond donors (Lipinski definition) is 1. The van der Waals surface area contributed by atoms with Gasteiger partial charge in [0.2, 0.25) is 0 Å². The van der Waals surface area contributed by atoms with Gasteiger partial charge in [0.1, 0.15) is 17.6 Å². The van der Waals surface area contributed by atoms with E-state index in [4.69, 9.17) is 15.2 Å². The standard InChI is InChI=1S/C18H23NO2/c1-12-9-13(2)11-17(10-12)21-14(3)18(19)15-5-7-16(20-4)8-6-15/h5-11,14,18H,19H2,1-4H3. The lowest BCUT2D eigenvalue weighted by Gasteiger charge is -2.22. The summed E-state index contributed by atoms with van der Waals surface area (Å²) in [6.45, 7) is 6.12. The second kappa shape index (κ2) is 6.64. The predicted molar refractivity (Wildman–Crippen MR) is 85.9 cm³/mol. The van der Waals surface area contributed by atoms with E-state index < -0.39 is 0 Å². The molecule has 0 aliphatic heterocycles. The van der Waals surface area contributed by atoms with Gasteiger partial charge < -0.3 is 15.2 Å². The number of benzene rings is 2. The fourth-order valence-corrected chi connectivity index (χ4v) is 2.39. The van der Waals surface area contributed by atoms with Crippen molar-refractivity contribution in [1.29, 1.82) is 0 Å². The van der Waals surface area contributed by atoms with Crippen molar-refractivity contribution in [3.05, 3.63) is 59.2 Å². The minimum absolute atomic E-state index is 0.111. The van der Waals surface area contributed by atoms with Gasteiger partial charge in [0.25, 0.3) is 0 Å². The molecule has 0 heterocycles. The molecule has 0 spiro atoms. The van der Waals surface area contributed by atoms with Gasteiger partial charge in [0.15, 0.2) is 0 Å². The summed E-state index contributed by atoms with van der Waals surface area (Å²) in [5, 5.41) is 0. The average molecular weight is 285 g/mol. The van der Waals surface area contributed by atoms with Crippen LogP contribution in [-0.2, 0) is 0 Å². The van der Waals surface area contributed by atoms with Crippen LogP contribution in [0, 0.1) is 13.8 Å². The van der Waals surface area contributed by atoms with E-state index in [1.54, 1.807) is 7.11 Å². The third kappa shape index (κ3) is 3.99. The fourth-order valence-electron chi connectivity index (χ4n) is 2.39. The minimum Gasteiger partial charge on any atom is -0.497 e. The summed E-state index contributed by atoms with van der Waals surface area (Å²) in [5.41, 5.74) is 9.70. The van der Waals surface area contributed by atoms with Gasteiger partial charge in [-0.2, -0.15) is 0 Å². The maximum Gasteiger partial charge on any atom is 0.120 e. The van der Waals surface area contributed by atoms with Crippen LogP contribution in [0.1, 0.15) is 29.7 Å². The van der Waals surface area contributed by atoms with Gasteiger partial charge in [-0.1, -0.05) is 18.2 Å². The summed E-state index contributed by atoms with van der Waals surface area (Å²) in [7, 11) is 1.65. The van der Waals surface area contributed by atoms with Crippen molar-refractivity contribution in [2.75, 3.05) is 7.11 Å². The third-order valence-electron chi connectivity index (χ3n) is 3.52. The van der Waals surface area contributed by atoms with Gasteiger partial charge in [-0.3, -0.25) is 0 Å². The molecule has 0 saturated carbocycles. The Hall–Kier alpha value is -2.00. The van der Waals surface area contributed by atoms with Crippen LogP contribution in [0.25, 0.3) is 0 Å². The SMILES string of the molecule is COc1ccc(C(N)C(C)Oc2cc(C)cc(C)c2)cc1. The molecule has 112 valence electrons. The van der Waals surface area contributed by atoms with Crippen LogP contribution < -0.4 is 15.2 Å². The van der Waals surface area contributed by atoms with Crippen molar-refractivity contribution in [3.8, 4) is 11.5 Å². The summed E-state index contributed by atoms with van der Waals surface area (Å²) in [5.74, 6) is 1.69. The quantitative estimate of drug-likeness (QED) is 0.909. The molecule has 21 heavy (non-hydrogen) atoms. The van der Waals surface area contributed by atoms with E-state index in [1.807, 2.05) is 43.3 Å². The second-order valence-electron chi connectivity index (χ2n) is 5.45. The monoisotopic (exact) mass is 285 g/mol. The molecule has 2 rings (SSSR count). The van der Waals surface area contributed by atoms with Crippen molar-refractivity contribution in [3.63, 3.8) is 0 Å². The summed E-state index contributed by atoms with van der Waals surface area (Å²) in [6.07, 6.45) is -0.111. The van der Waals surface area contributed by atoms with Crippen molar-refractivity contribution < 1.29 is 9.47 Å². The first-order chi connectivity index (χ1) is 9.99. The van der Waals surface area contributed by atoms with Crippen molar-refractivity contribution in [1.82, 2.24) is 0 Å². The molecule has 0 radical (unpaired) electrons. The van der Waals surface area contributed by atoms with Crippen molar-refractivity contribution in [2.24, 2.45) is 5.73 Å². The van der Waals surface area contributed by atoms with Crippen LogP contribution in [0.15, 0.2) is 42.5 Å². The van der Waals surface area contributed by atoms with Gasteiger partial charge in [0, 0.05) is 0 Å². The molecule has 2 aromatic rings. The van der Waals surface area contributed by atoms with Crippen LogP contribution in [0.2, 0.25) is 0 Å². The molecule has 0 saturated heterocycles. The zero-order chi connectivity index (χ0) is 15.4. The van der Waals surface area contributed by atoms with Crippen molar-refractivity contribution in [2.45, 2.75) is 32.9 Å². The Bertz CT molecular complexity index is 572. The number of methoxy groups -OCH3 is 1. The molecule has 0 fully saturated rings. The Balaban J connectivity index is 2.09. The van der Waals surface area contributed by atoms with Crippen LogP contribution >= 0.6 is 0 Å². The van der Waals surface area contributed by atoms with Gasteiger partial charge in [-0.05, 0) is 61.7 Å². The molecule has 3 nitrogen and oxygen atoms in total. The summed E-state index contributed by atoms with van der Waals surface area (Å²) < 4.78 is 11.2. The van der Waals surface area contributed by atoms with Crippen LogP contribution in [-0.4, -0.2) is 13.2 Å². The van der Waals surface area contributed by atoms with E-state index in [2.05, 4.69) is 19.9 Å². The number of hydrogen-bond acceptors (Lipinski definition) is 3. The summed E-state index contributed by atoms with van der Waals surface area (Å²) in [4.78, 5) is 0. The number of nitrogens with two attached hydrogens (primary N) is 1. The van der Waals surface area contributed by atoms with E-state index in [-0.39, 0.29) is 12.1 Å². The lowest BCUT2D eigenvalue weighted by molar-refractivity contribution is 0.190. The molecule has 0 aliphatic rings.